The molecular weight excluding hydrogens is 611 g/mol. The van der Waals surface area contributed by atoms with E-state index in [4.69, 9.17) is 14.4 Å². The number of anilines is 1. The molecule has 1 aliphatic heterocycles. The second-order valence-corrected chi connectivity index (χ2v) is 11.9. The average Bonchev–Trinajstić information content (AvgIpc) is 3.01. The van der Waals surface area contributed by atoms with Gasteiger partial charge in [-0.05, 0) is 13.3 Å². The number of rotatable bonds is 16. The monoisotopic (exact) mass is 650 g/mol. The number of carbonyl (C=O) groups excluding carboxylic acids is 3. The van der Waals surface area contributed by atoms with Crippen LogP contribution in [0, 0.1) is 0 Å². The van der Waals surface area contributed by atoms with Crippen molar-refractivity contribution in [3.8, 4) is 11.4 Å². The highest BCUT2D eigenvalue weighted by molar-refractivity contribution is 7.52. The van der Waals surface area contributed by atoms with Crippen molar-refractivity contribution in [2.75, 3.05) is 57.4 Å². The Morgan fingerprint density at radius 3 is 2.42 bits per heavy atom. The number of ether oxygens (including phenoxy) is 1. The molecule has 1 aliphatic rings. The molecule has 0 bridgehead atoms. The van der Waals surface area contributed by atoms with Crippen molar-refractivity contribution in [2.45, 2.75) is 39.2 Å². The number of amides is 2. The Morgan fingerprint density at radius 2 is 1.78 bits per heavy atom. The maximum atomic E-state index is 13.6. The van der Waals surface area contributed by atoms with Gasteiger partial charge in [0.15, 0.2) is 5.82 Å². The van der Waals surface area contributed by atoms with Gasteiger partial charge in [0.25, 0.3) is 5.91 Å². The van der Waals surface area contributed by atoms with Crippen molar-refractivity contribution in [1.82, 2.24) is 25.2 Å². The summed E-state index contributed by atoms with van der Waals surface area (Å²) in [6.45, 7) is 4.21. The van der Waals surface area contributed by atoms with Gasteiger partial charge in [-0.25, -0.2) is 14.8 Å². The van der Waals surface area contributed by atoms with E-state index in [0.717, 1.165) is 6.42 Å². The zero-order chi connectivity index (χ0) is 32.8. The summed E-state index contributed by atoms with van der Waals surface area (Å²) in [5, 5.41) is 15.6. The molecule has 17 heteroatoms. The fourth-order valence-electron chi connectivity index (χ4n) is 4.28. The predicted molar refractivity (Wildman–Crippen MR) is 161 cm³/mol. The van der Waals surface area contributed by atoms with Crippen LogP contribution in [0.1, 0.15) is 43.6 Å². The Balaban J connectivity index is 1.85. The molecule has 1 saturated heterocycles. The molecule has 1 aromatic carbocycles. The lowest BCUT2D eigenvalue weighted by Gasteiger charge is -2.35. The van der Waals surface area contributed by atoms with Crippen LogP contribution in [-0.4, -0.2) is 112 Å². The summed E-state index contributed by atoms with van der Waals surface area (Å²) >= 11 is 0. The lowest BCUT2D eigenvalue weighted by atomic mass is 10.2. The smallest absolute Gasteiger partial charge is 0.466 e. The van der Waals surface area contributed by atoms with Gasteiger partial charge in [0, 0.05) is 31.3 Å². The van der Waals surface area contributed by atoms with Gasteiger partial charge in [0.1, 0.15) is 17.6 Å². The number of esters is 1. The summed E-state index contributed by atoms with van der Waals surface area (Å²) in [6, 6.07) is 8.70. The first-order chi connectivity index (χ1) is 21.5. The van der Waals surface area contributed by atoms with Gasteiger partial charge in [-0.3, -0.25) is 18.9 Å². The first-order valence-electron chi connectivity index (χ1n) is 14.6. The Bertz CT molecular complexity index is 1360. The largest absolute Gasteiger partial charge is 0.525 e. The number of carbonyl (C=O) groups is 4. The van der Waals surface area contributed by atoms with Crippen LogP contribution in [0.25, 0.3) is 11.4 Å². The van der Waals surface area contributed by atoms with Crippen molar-refractivity contribution in [1.29, 1.82) is 0 Å². The lowest BCUT2D eigenvalue weighted by Crippen LogP contribution is -2.56. The molecule has 2 aromatic rings. The van der Waals surface area contributed by atoms with Crippen molar-refractivity contribution in [2.24, 2.45) is 0 Å². The molecule has 0 saturated carbocycles. The molecule has 45 heavy (non-hydrogen) atoms. The summed E-state index contributed by atoms with van der Waals surface area (Å²) in [4.78, 5) is 75.2. The number of benzene rings is 1. The Kier molecular flexibility index (Phi) is 13.7. The normalized spacial score (nSPS) is 15.4. The molecule has 0 radical (unpaired) electrons. The summed E-state index contributed by atoms with van der Waals surface area (Å²) in [7, 11) is -4.32. The second kappa shape index (κ2) is 17.4. The minimum atomic E-state index is -4.32. The molecular formula is C28H39N6O10P. The van der Waals surface area contributed by atoms with Gasteiger partial charge in [0.2, 0.25) is 5.91 Å². The highest BCUT2D eigenvalue weighted by Crippen LogP contribution is 2.43. The molecule has 1 aromatic heterocycles. The number of carboxylic acid groups (broad SMARTS) is 1. The first kappa shape index (κ1) is 35.4. The fraction of sp³-hybridized carbons (Fsp3) is 0.500. The molecule has 3 rings (SSSR count). The minimum absolute atomic E-state index is 0.00247. The highest BCUT2D eigenvalue weighted by Gasteiger charge is 2.36. The van der Waals surface area contributed by atoms with E-state index in [1.54, 1.807) is 37.3 Å². The van der Waals surface area contributed by atoms with E-state index in [1.807, 2.05) is 6.92 Å². The number of aromatic nitrogens is 2. The lowest BCUT2D eigenvalue weighted by molar-refractivity contribution is -0.154. The number of nitrogens with one attached hydrogen (secondary N) is 2. The van der Waals surface area contributed by atoms with Gasteiger partial charge in [0.05, 0.1) is 38.9 Å². The third-order valence-electron chi connectivity index (χ3n) is 6.50. The van der Waals surface area contributed by atoms with Crippen LogP contribution in [0.4, 0.5) is 10.6 Å². The topological polar surface area (TPSA) is 210 Å². The fourth-order valence-corrected chi connectivity index (χ4v) is 5.51. The maximum absolute atomic E-state index is 13.6. The molecule has 1 fully saturated rings. The molecule has 246 valence electrons. The van der Waals surface area contributed by atoms with E-state index >= 15 is 0 Å². The summed E-state index contributed by atoms with van der Waals surface area (Å²) in [6.07, 6.45) is -0.898. The number of unbranched alkanes of at least 4 members (excludes halogenated alkanes) is 1. The molecule has 2 heterocycles. The second-order valence-electron chi connectivity index (χ2n) is 9.95. The third-order valence-corrected chi connectivity index (χ3v) is 7.91. The standard InChI is InChI=1S/C28H39N6O10P/c1-3-5-17-43-45(40,41)19-22(27(37)33-13-15-34(16-14-33)44-28(38)39)31-26(36)21-18-23(29-12-11-24(35)42-4-2)32-25(30-21)20-9-7-6-8-10-20/h6-10,18,22H,3-5,11-17,19H2,1-2H3,(H,31,36)(H,38,39)(H,40,41)(H,29,30,32)/t22-/m0/s1. The molecule has 2 amide bonds. The van der Waals surface area contributed by atoms with Crippen LogP contribution in [0.2, 0.25) is 0 Å². The van der Waals surface area contributed by atoms with Gasteiger partial charge >= 0.3 is 19.7 Å². The van der Waals surface area contributed by atoms with E-state index in [-0.39, 0.29) is 69.7 Å². The summed E-state index contributed by atoms with van der Waals surface area (Å²) in [5.74, 6) is -1.47. The van der Waals surface area contributed by atoms with Crippen molar-refractivity contribution >= 4 is 37.4 Å². The predicted octanol–water partition coefficient (Wildman–Crippen LogP) is 2.36. The van der Waals surface area contributed by atoms with Crippen LogP contribution in [0.5, 0.6) is 0 Å². The van der Waals surface area contributed by atoms with Crippen LogP contribution in [-0.2, 0) is 28.3 Å². The molecule has 4 N–H and O–H groups in total. The molecule has 2 atom stereocenters. The summed E-state index contributed by atoms with van der Waals surface area (Å²) < 4.78 is 23.1. The van der Waals surface area contributed by atoms with E-state index in [9.17, 15) is 28.6 Å². The van der Waals surface area contributed by atoms with Crippen molar-refractivity contribution in [3.05, 3.63) is 42.1 Å². The van der Waals surface area contributed by atoms with E-state index in [1.165, 1.54) is 16.0 Å². The molecule has 1 unspecified atom stereocenters. The summed E-state index contributed by atoms with van der Waals surface area (Å²) in [5.41, 5.74) is 0.457. The Labute approximate surface area is 260 Å². The Morgan fingerprint density at radius 1 is 1.07 bits per heavy atom. The zero-order valence-electron chi connectivity index (χ0n) is 25.2. The number of hydroxylamine groups is 2. The SMILES string of the molecule is CCCCOP(=O)(O)C[C@H](NC(=O)c1cc(NCCC(=O)OCC)nc(-c2ccccc2)n1)C(=O)N1CCN(OC(=O)O)CC1. The number of hydrogen-bond acceptors (Lipinski definition) is 12. The maximum Gasteiger partial charge on any atom is 0.525 e. The van der Waals surface area contributed by atoms with Crippen molar-refractivity contribution < 1.29 is 47.8 Å². The van der Waals surface area contributed by atoms with Gasteiger partial charge in [-0.2, -0.15) is 0 Å². The van der Waals surface area contributed by atoms with Gasteiger partial charge in [-0.1, -0.05) is 43.7 Å². The first-order valence-corrected chi connectivity index (χ1v) is 16.3. The highest BCUT2D eigenvalue weighted by atomic mass is 31.2. The third kappa shape index (κ3) is 11.7. The number of hydrogen-bond donors (Lipinski definition) is 4. The van der Waals surface area contributed by atoms with Crippen LogP contribution < -0.4 is 10.6 Å². The average molecular weight is 651 g/mol. The molecule has 16 nitrogen and oxygen atoms in total. The van der Waals surface area contributed by atoms with E-state index < -0.39 is 43.7 Å². The van der Waals surface area contributed by atoms with Crippen LogP contribution in [0.3, 0.4) is 0 Å². The quantitative estimate of drug-likeness (QED) is 0.117. The molecule has 0 spiro atoms. The van der Waals surface area contributed by atoms with Gasteiger partial charge < -0.3 is 39.6 Å². The number of piperazine rings is 1. The van der Waals surface area contributed by atoms with Crippen LogP contribution >= 0.6 is 7.60 Å². The van der Waals surface area contributed by atoms with Gasteiger partial charge in [-0.15, -0.1) is 5.06 Å². The number of nitrogens with zero attached hydrogens (tertiary/aromatic N) is 4. The zero-order valence-corrected chi connectivity index (χ0v) is 26.1. The van der Waals surface area contributed by atoms with Crippen LogP contribution in [0.15, 0.2) is 36.4 Å². The van der Waals surface area contributed by atoms with E-state index in [2.05, 4.69) is 25.4 Å². The molecule has 0 aliphatic carbocycles. The minimum Gasteiger partial charge on any atom is -0.466 e. The van der Waals surface area contributed by atoms with E-state index in [0.29, 0.717) is 12.0 Å². The van der Waals surface area contributed by atoms with Crippen molar-refractivity contribution in [3.63, 3.8) is 0 Å². The Hall–Kier alpha value is -4.11.